The summed E-state index contributed by atoms with van der Waals surface area (Å²) in [5, 5.41) is 11.7. The van der Waals surface area contributed by atoms with E-state index in [1.165, 1.54) is 5.56 Å². The zero-order chi connectivity index (χ0) is 18.0. The van der Waals surface area contributed by atoms with Crippen LogP contribution < -0.4 is 0 Å². The number of hydrogen-bond donors (Lipinski definition) is 2. The predicted molar refractivity (Wildman–Crippen MR) is 101 cm³/mol. The van der Waals surface area contributed by atoms with Gasteiger partial charge in [-0.15, -0.1) is 0 Å². The molecular formula is C21H26N4O. The third-order valence-corrected chi connectivity index (χ3v) is 5.56. The minimum Gasteiger partial charge on any atom is -0.377 e. The van der Waals surface area contributed by atoms with E-state index >= 15 is 0 Å². The fourth-order valence-corrected chi connectivity index (χ4v) is 4.12. The highest BCUT2D eigenvalue weighted by Crippen LogP contribution is 2.40. The lowest BCUT2D eigenvalue weighted by molar-refractivity contribution is -0.0214. The monoisotopic (exact) mass is 350 g/mol. The highest BCUT2D eigenvalue weighted by molar-refractivity contribution is 5.29. The smallest absolute Gasteiger partial charge is 0.151 e. The molecule has 1 aliphatic rings. The first-order valence-corrected chi connectivity index (χ1v) is 9.27. The Kier molecular flexibility index (Phi) is 4.66. The lowest BCUT2D eigenvalue weighted by Crippen LogP contribution is -2.44. The summed E-state index contributed by atoms with van der Waals surface area (Å²) in [6, 6.07) is 12.6. The minimum atomic E-state index is -1.07. The van der Waals surface area contributed by atoms with Crippen LogP contribution in [0.25, 0.3) is 0 Å². The molecule has 0 aliphatic carbocycles. The van der Waals surface area contributed by atoms with Crippen LogP contribution in [0.15, 0.2) is 61.2 Å². The maximum atomic E-state index is 11.7. The van der Waals surface area contributed by atoms with Gasteiger partial charge in [0.05, 0.1) is 0 Å². The number of nitrogens with zero attached hydrogens (tertiary/aromatic N) is 3. The van der Waals surface area contributed by atoms with Gasteiger partial charge in [0.25, 0.3) is 0 Å². The normalized spacial score (nSPS) is 18.7. The molecule has 0 radical (unpaired) electrons. The van der Waals surface area contributed by atoms with Gasteiger partial charge in [0, 0.05) is 49.9 Å². The Labute approximate surface area is 154 Å². The van der Waals surface area contributed by atoms with E-state index in [1.54, 1.807) is 12.4 Å². The fourth-order valence-electron chi connectivity index (χ4n) is 4.12. The summed E-state index contributed by atoms with van der Waals surface area (Å²) in [5.41, 5.74) is 1.19. The fraction of sp³-hybridized carbons (Fsp3) is 0.381. The Morgan fingerprint density at radius 3 is 2.58 bits per heavy atom. The third kappa shape index (κ3) is 3.20. The Bertz CT molecular complexity index is 819. The Balaban J connectivity index is 1.52. The van der Waals surface area contributed by atoms with Crippen molar-refractivity contribution in [2.75, 3.05) is 13.1 Å². The van der Waals surface area contributed by atoms with Gasteiger partial charge >= 0.3 is 0 Å². The van der Waals surface area contributed by atoms with E-state index in [0.29, 0.717) is 5.82 Å². The molecule has 2 aromatic heterocycles. The summed E-state index contributed by atoms with van der Waals surface area (Å²) >= 11 is 0. The number of likely N-dealkylation sites (tertiary alicyclic amines) is 1. The number of nitrogens with one attached hydrogen (secondary N) is 1. The molecule has 0 spiro atoms. The molecule has 0 saturated carbocycles. The molecule has 136 valence electrons. The van der Waals surface area contributed by atoms with Crippen LogP contribution in [0.1, 0.15) is 29.8 Å². The first-order chi connectivity index (χ1) is 12.7. The molecule has 5 nitrogen and oxygen atoms in total. The molecule has 0 amide bonds. The van der Waals surface area contributed by atoms with Crippen LogP contribution in [-0.4, -0.2) is 37.6 Å². The molecule has 26 heavy (non-hydrogen) atoms. The van der Waals surface area contributed by atoms with Crippen LogP contribution in [0, 0.1) is 5.92 Å². The number of aromatic nitrogens is 3. The van der Waals surface area contributed by atoms with Crippen molar-refractivity contribution in [2.45, 2.75) is 25.0 Å². The predicted octanol–water partition coefficient (Wildman–Crippen LogP) is 2.90. The van der Waals surface area contributed by atoms with Crippen LogP contribution in [-0.2, 0) is 19.2 Å². The third-order valence-electron chi connectivity index (χ3n) is 5.56. The number of benzene rings is 1. The second kappa shape index (κ2) is 7.09. The molecule has 5 heteroatoms. The van der Waals surface area contributed by atoms with Gasteiger partial charge in [-0.2, -0.15) is 0 Å². The number of aromatic amines is 1. The van der Waals surface area contributed by atoms with Crippen molar-refractivity contribution in [3.8, 4) is 0 Å². The average Bonchev–Trinajstić information content (AvgIpc) is 3.35. The van der Waals surface area contributed by atoms with E-state index in [2.05, 4.69) is 45.2 Å². The lowest BCUT2D eigenvalue weighted by Gasteiger charge is -2.40. The molecule has 1 saturated heterocycles. The number of rotatable bonds is 5. The van der Waals surface area contributed by atoms with E-state index in [0.717, 1.165) is 38.0 Å². The Morgan fingerprint density at radius 2 is 1.96 bits per heavy atom. The van der Waals surface area contributed by atoms with Gasteiger partial charge in [-0.25, -0.2) is 4.98 Å². The van der Waals surface area contributed by atoms with Gasteiger partial charge in [-0.3, -0.25) is 4.90 Å². The van der Waals surface area contributed by atoms with Crippen molar-refractivity contribution in [2.24, 2.45) is 13.0 Å². The van der Waals surface area contributed by atoms with Gasteiger partial charge in [0.15, 0.2) is 5.60 Å². The van der Waals surface area contributed by atoms with Gasteiger partial charge in [-0.1, -0.05) is 30.3 Å². The van der Waals surface area contributed by atoms with Crippen LogP contribution in [0.3, 0.4) is 0 Å². The van der Waals surface area contributed by atoms with E-state index < -0.39 is 5.60 Å². The molecule has 3 heterocycles. The van der Waals surface area contributed by atoms with E-state index in [4.69, 9.17) is 0 Å². The van der Waals surface area contributed by atoms with E-state index in [-0.39, 0.29) is 5.92 Å². The van der Waals surface area contributed by atoms with Gasteiger partial charge in [0.1, 0.15) is 5.82 Å². The van der Waals surface area contributed by atoms with Crippen LogP contribution in [0.5, 0.6) is 0 Å². The van der Waals surface area contributed by atoms with Crippen molar-refractivity contribution < 1.29 is 5.11 Å². The molecule has 1 aliphatic heterocycles. The zero-order valence-corrected chi connectivity index (χ0v) is 15.2. The van der Waals surface area contributed by atoms with E-state index in [1.807, 2.05) is 30.1 Å². The van der Waals surface area contributed by atoms with Crippen LogP contribution in [0.2, 0.25) is 0 Å². The van der Waals surface area contributed by atoms with Crippen molar-refractivity contribution in [3.63, 3.8) is 0 Å². The molecule has 3 aromatic rings. The quantitative estimate of drug-likeness (QED) is 0.744. The van der Waals surface area contributed by atoms with Gasteiger partial charge in [-0.05, 0) is 37.6 Å². The molecule has 1 aromatic carbocycles. The Hall–Kier alpha value is -2.37. The second-order valence-corrected chi connectivity index (χ2v) is 7.31. The summed E-state index contributed by atoms with van der Waals surface area (Å²) in [6.07, 6.45) is 9.37. The first-order valence-electron chi connectivity index (χ1n) is 9.27. The summed E-state index contributed by atoms with van der Waals surface area (Å²) in [5.74, 6) is 0.785. The zero-order valence-electron chi connectivity index (χ0n) is 15.2. The van der Waals surface area contributed by atoms with Crippen molar-refractivity contribution in [1.82, 2.24) is 19.4 Å². The molecule has 1 atom stereocenters. The van der Waals surface area contributed by atoms with Crippen molar-refractivity contribution >= 4 is 0 Å². The maximum Gasteiger partial charge on any atom is 0.151 e. The lowest BCUT2D eigenvalue weighted by atomic mass is 9.76. The number of hydrogen-bond acceptors (Lipinski definition) is 3. The number of aryl methyl sites for hydroxylation is 1. The summed E-state index contributed by atoms with van der Waals surface area (Å²) in [6.45, 7) is 2.93. The van der Waals surface area contributed by atoms with Crippen molar-refractivity contribution in [1.29, 1.82) is 0 Å². The maximum absolute atomic E-state index is 11.7. The minimum absolute atomic E-state index is 0.142. The number of imidazole rings is 1. The highest BCUT2D eigenvalue weighted by atomic mass is 16.3. The molecule has 1 unspecified atom stereocenters. The molecule has 1 fully saturated rings. The summed E-state index contributed by atoms with van der Waals surface area (Å²) in [7, 11) is 1.98. The van der Waals surface area contributed by atoms with Crippen LogP contribution >= 0.6 is 0 Å². The topological polar surface area (TPSA) is 57.1 Å². The number of H-pyrrole nitrogens is 1. The number of piperidine rings is 1. The molecule has 4 rings (SSSR count). The standard InChI is InChI=1S/C21H26N4O/c1-24-12-7-19(16-24)21(26,20-22-10-11-23-20)18-8-13-25(14-9-18)15-17-5-3-2-4-6-17/h2-7,10-12,16,18,26H,8-9,13-15H2,1H3,(H,22,23). The van der Waals surface area contributed by atoms with Crippen molar-refractivity contribution in [3.05, 3.63) is 78.1 Å². The van der Waals surface area contributed by atoms with Gasteiger partial charge < -0.3 is 14.7 Å². The average molecular weight is 350 g/mol. The first kappa shape index (κ1) is 17.1. The molecule has 2 N–H and O–H groups in total. The SMILES string of the molecule is Cn1ccc(C(O)(c2ncc[nH]2)C2CCN(Cc3ccccc3)CC2)c1. The second-order valence-electron chi connectivity index (χ2n) is 7.31. The van der Waals surface area contributed by atoms with E-state index in [9.17, 15) is 5.11 Å². The van der Waals surface area contributed by atoms with Gasteiger partial charge in [0.2, 0.25) is 0 Å². The molecule has 0 bridgehead atoms. The molecular weight excluding hydrogens is 324 g/mol. The highest BCUT2D eigenvalue weighted by Gasteiger charge is 2.44. The van der Waals surface area contributed by atoms with Crippen LogP contribution in [0.4, 0.5) is 0 Å². The largest absolute Gasteiger partial charge is 0.377 e. The Morgan fingerprint density at radius 1 is 1.19 bits per heavy atom. The summed E-state index contributed by atoms with van der Waals surface area (Å²) < 4.78 is 1.98. The summed E-state index contributed by atoms with van der Waals surface area (Å²) in [4.78, 5) is 10.0. The number of aliphatic hydroxyl groups is 1.